The Morgan fingerprint density at radius 2 is 1.96 bits per heavy atom. The quantitative estimate of drug-likeness (QED) is 0.419. The van der Waals surface area contributed by atoms with E-state index in [9.17, 15) is 4.79 Å². The number of nitrogens with zero attached hydrogens (tertiary/aromatic N) is 1. The number of hydrogen-bond acceptors (Lipinski definition) is 2. The van der Waals surface area contributed by atoms with E-state index in [2.05, 4.69) is 35.5 Å². The van der Waals surface area contributed by atoms with Crippen molar-refractivity contribution >= 4 is 29.2 Å². The first-order valence-electron chi connectivity index (χ1n) is 8.17. The molecule has 2 aromatic rings. The topological polar surface area (TPSA) is 79.5 Å². The molecule has 0 aliphatic rings. The number of carbonyl (C=O) groups is 1. The molecule has 0 bridgehead atoms. The molecule has 25 heavy (non-hydrogen) atoms. The van der Waals surface area contributed by atoms with E-state index in [1.807, 2.05) is 18.2 Å². The van der Waals surface area contributed by atoms with Gasteiger partial charge in [0.1, 0.15) is 0 Å². The molecule has 0 saturated carbocycles. The highest BCUT2D eigenvalue weighted by atomic mass is 35.5. The number of carbonyl (C=O) groups excluding carboxylic acids is 1. The molecule has 0 spiro atoms. The van der Waals surface area contributed by atoms with E-state index >= 15 is 0 Å². The minimum atomic E-state index is -0.225. The number of nitrogens with one attached hydrogen (secondary N) is 2. The van der Waals surface area contributed by atoms with Gasteiger partial charge in [0.15, 0.2) is 5.96 Å². The number of rotatable bonds is 6. The molecule has 4 N–H and O–H groups in total. The van der Waals surface area contributed by atoms with Gasteiger partial charge in [-0.2, -0.15) is 0 Å². The maximum absolute atomic E-state index is 12.0. The summed E-state index contributed by atoms with van der Waals surface area (Å²) in [5, 5.41) is 6.25. The highest BCUT2D eigenvalue weighted by molar-refractivity contribution is 6.33. The summed E-state index contributed by atoms with van der Waals surface area (Å²) in [6, 6.07) is 15.0. The average molecular weight is 359 g/mol. The molecule has 0 aliphatic carbocycles. The van der Waals surface area contributed by atoms with Gasteiger partial charge >= 0.3 is 0 Å². The number of halogens is 1. The van der Waals surface area contributed by atoms with Crippen LogP contribution in [0.2, 0.25) is 5.02 Å². The average Bonchev–Trinajstić information content (AvgIpc) is 2.59. The molecule has 0 atom stereocenters. The summed E-state index contributed by atoms with van der Waals surface area (Å²) >= 11 is 5.99. The van der Waals surface area contributed by atoms with Crippen LogP contribution in [-0.4, -0.2) is 25.0 Å². The molecule has 132 valence electrons. The van der Waals surface area contributed by atoms with Crippen molar-refractivity contribution < 1.29 is 4.79 Å². The number of benzene rings is 2. The smallest absolute Gasteiger partial charge is 0.252 e. The van der Waals surface area contributed by atoms with Gasteiger partial charge in [0.05, 0.1) is 17.1 Å². The van der Waals surface area contributed by atoms with Crippen LogP contribution in [0.25, 0.3) is 0 Å². The lowest BCUT2D eigenvalue weighted by Gasteiger charge is -2.10. The fourth-order valence-electron chi connectivity index (χ4n) is 2.25. The van der Waals surface area contributed by atoms with Crippen molar-refractivity contribution in [2.24, 2.45) is 10.7 Å². The highest BCUT2D eigenvalue weighted by Gasteiger charge is 2.08. The summed E-state index contributed by atoms with van der Waals surface area (Å²) in [7, 11) is 0. The summed E-state index contributed by atoms with van der Waals surface area (Å²) in [6.45, 7) is 5.02. The van der Waals surface area contributed by atoms with Gasteiger partial charge in [-0.15, -0.1) is 0 Å². The van der Waals surface area contributed by atoms with Crippen molar-refractivity contribution in [3.63, 3.8) is 0 Å². The van der Waals surface area contributed by atoms with Gasteiger partial charge in [-0.1, -0.05) is 49.7 Å². The molecule has 0 unspecified atom stereocenters. The number of guanidine groups is 1. The number of aliphatic imine (C=N–C) groups is 1. The lowest BCUT2D eigenvalue weighted by molar-refractivity contribution is 0.0955. The van der Waals surface area contributed by atoms with Crippen molar-refractivity contribution in [1.82, 2.24) is 5.32 Å². The number of amides is 1. The van der Waals surface area contributed by atoms with Gasteiger partial charge in [0.25, 0.3) is 5.91 Å². The molecule has 0 aromatic heterocycles. The third-order valence-corrected chi connectivity index (χ3v) is 3.95. The summed E-state index contributed by atoms with van der Waals surface area (Å²) < 4.78 is 0. The van der Waals surface area contributed by atoms with Crippen molar-refractivity contribution in [2.45, 2.75) is 19.8 Å². The van der Waals surface area contributed by atoms with Crippen LogP contribution >= 0.6 is 11.6 Å². The van der Waals surface area contributed by atoms with Crippen LogP contribution < -0.4 is 16.4 Å². The molecule has 6 heteroatoms. The maximum atomic E-state index is 12.0. The van der Waals surface area contributed by atoms with E-state index in [0.717, 1.165) is 5.69 Å². The summed E-state index contributed by atoms with van der Waals surface area (Å²) in [5.41, 5.74) is 8.46. The van der Waals surface area contributed by atoms with Crippen LogP contribution in [0, 0.1) is 0 Å². The Morgan fingerprint density at radius 1 is 1.20 bits per heavy atom. The molecule has 2 aromatic carbocycles. The van der Waals surface area contributed by atoms with Crippen molar-refractivity contribution in [3.8, 4) is 0 Å². The van der Waals surface area contributed by atoms with Crippen LogP contribution in [0.1, 0.15) is 35.7 Å². The molecule has 0 heterocycles. The second-order valence-electron chi connectivity index (χ2n) is 5.91. The van der Waals surface area contributed by atoms with E-state index in [1.165, 1.54) is 5.56 Å². The lowest BCUT2D eigenvalue weighted by Crippen LogP contribution is -2.28. The molecule has 0 aliphatic heterocycles. The van der Waals surface area contributed by atoms with E-state index < -0.39 is 0 Å². The molecule has 0 saturated heterocycles. The van der Waals surface area contributed by atoms with Crippen molar-refractivity contribution in [2.75, 3.05) is 18.4 Å². The van der Waals surface area contributed by atoms with Gasteiger partial charge in [-0.3, -0.25) is 9.79 Å². The van der Waals surface area contributed by atoms with Gasteiger partial charge in [-0.25, -0.2) is 0 Å². The second-order valence-corrected chi connectivity index (χ2v) is 6.32. The minimum absolute atomic E-state index is 0.225. The zero-order valence-electron chi connectivity index (χ0n) is 14.4. The van der Waals surface area contributed by atoms with Crippen LogP contribution in [0.15, 0.2) is 53.5 Å². The monoisotopic (exact) mass is 358 g/mol. The number of hydrogen-bond donors (Lipinski definition) is 3. The largest absolute Gasteiger partial charge is 0.370 e. The predicted molar refractivity (Wildman–Crippen MR) is 104 cm³/mol. The van der Waals surface area contributed by atoms with Crippen LogP contribution in [0.4, 0.5) is 5.69 Å². The van der Waals surface area contributed by atoms with Gasteiger partial charge < -0.3 is 16.4 Å². The Labute approximate surface area is 153 Å². The van der Waals surface area contributed by atoms with Gasteiger partial charge in [0.2, 0.25) is 0 Å². The third kappa shape index (κ3) is 5.80. The van der Waals surface area contributed by atoms with Gasteiger partial charge in [-0.05, 0) is 35.7 Å². The van der Waals surface area contributed by atoms with Crippen molar-refractivity contribution in [3.05, 3.63) is 64.7 Å². The van der Waals surface area contributed by atoms with E-state index in [0.29, 0.717) is 35.6 Å². The minimum Gasteiger partial charge on any atom is -0.370 e. The lowest BCUT2D eigenvalue weighted by atomic mass is 10.0. The Balaban J connectivity index is 1.83. The van der Waals surface area contributed by atoms with Crippen LogP contribution in [0.3, 0.4) is 0 Å². The maximum Gasteiger partial charge on any atom is 0.252 e. The summed E-state index contributed by atoms with van der Waals surface area (Å²) in [4.78, 5) is 16.2. The molecule has 0 radical (unpaired) electrons. The Morgan fingerprint density at radius 3 is 2.68 bits per heavy atom. The highest BCUT2D eigenvalue weighted by Crippen LogP contribution is 2.18. The van der Waals surface area contributed by atoms with Gasteiger partial charge in [0, 0.05) is 12.2 Å². The van der Waals surface area contributed by atoms with Crippen LogP contribution in [0.5, 0.6) is 0 Å². The SMILES string of the molecule is CC(C)c1cccc(NC(N)=NCCNC(=O)c2ccccc2Cl)c1. The van der Waals surface area contributed by atoms with E-state index in [1.54, 1.807) is 24.3 Å². The molecule has 2 rings (SSSR count). The third-order valence-electron chi connectivity index (χ3n) is 3.62. The predicted octanol–water partition coefficient (Wildman–Crippen LogP) is 3.62. The molecule has 5 nitrogen and oxygen atoms in total. The van der Waals surface area contributed by atoms with Crippen molar-refractivity contribution in [1.29, 1.82) is 0 Å². The first-order valence-corrected chi connectivity index (χ1v) is 8.55. The number of nitrogens with two attached hydrogens (primary N) is 1. The Bertz CT molecular complexity index is 759. The standard InChI is InChI=1S/C19H23ClN4O/c1-13(2)14-6-5-7-15(12-14)24-19(21)23-11-10-22-18(25)16-8-3-4-9-17(16)20/h3-9,12-13H,10-11H2,1-2H3,(H,22,25)(H3,21,23,24). The number of anilines is 1. The normalized spacial score (nSPS) is 11.4. The zero-order chi connectivity index (χ0) is 18.2. The van der Waals surface area contributed by atoms with E-state index in [4.69, 9.17) is 17.3 Å². The molecule has 1 amide bonds. The molecule has 0 fully saturated rings. The van der Waals surface area contributed by atoms with Crippen LogP contribution in [-0.2, 0) is 0 Å². The summed E-state index contributed by atoms with van der Waals surface area (Å²) in [6.07, 6.45) is 0. The molecular formula is C19H23ClN4O. The summed E-state index contributed by atoms with van der Waals surface area (Å²) in [5.74, 6) is 0.532. The molecular weight excluding hydrogens is 336 g/mol. The first kappa shape index (κ1) is 18.8. The fraction of sp³-hybridized carbons (Fsp3) is 0.263. The second kappa shape index (κ2) is 9.08. The first-order chi connectivity index (χ1) is 12.0. The Kier molecular flexibility index (Phi) is 6.83. The zero-order valence-corrected chi connectivity index (χ0v) is 15.2. The van der Waals surface area contributed by atoms with E-state index in [-0.39, 0.29) is 5.91 Å². The fourth-order valence-corrected chi connectivity index (χ4v) is 2.47. The Hall–Kier alpha value is -2.53.